The topological polar surface area (TPSA) is 72.8 Å². The van der Waals surface area contributed by atoms with Crippen molar-refractivity contribution in [1.82, 2.24) is 0 Å². The van der Waals surface area contributed by atoms with Crippen LogP contribution in [0.2, 0.25) is 0 Å². The summed E-state index contributed by atoms with van der Waals surface area (Å²) < 4.78 is 10.3. The van der Waals surface area contributed by atoms with E-state index in [1.807, 2.05) is 0 Å². The SMILES string of the molecule is CCCCCCCCCCCCCCC(=O)OC[C@@H](O)COC(=O)CCCCCCCCCCCCCCC(C)C. The number of hydrogen-bond donors (Lipinski definition) is 1. The highest BCUT2D eigenvalue weighted by atomic mass is 16.6. The molecule has 0 saturated heterocycles. The van der Waals surface area contributed by atoms with Crippen LogP contribution in [0.1, 0.15) is 194 Å². The molecule has 0 aromatic carbocycles. The van der Waals surface area contributed by atoms with E-state index in [2.05, 4.69) is 20.8 Å². The van der Waals surface area contributed by atoms with Gasteiger partial charge in [0, 0.05) is 12.8 Å². The molecule has 244 valence electrons. The molecule has 1 atom stereocenters. The smallest absolute Gasteiger partial charge is 0.305 e. The van der Waals surface area contributed by atoms with E-state index >= 15 is 0 Å². The normalized spacial score (nSPS) is 12.1. The molecule has 5 heteroatoms. The van der Waals surface area contributed by atoms with Gasteiger partial charge < -0.3 is 14.6 Å². The van der Waals surface area contributed by atoms with Gasteiger partial charge in [-0.05, 0) is 18.8 Å². The zero-order valence-electron chi connectivity index (χ0n) is 27.7. The van der Waals surface area contributed by atoms with Crippen LogP contribution in [0.5, 0.6) is 0 Å². The summed E-state index contributed by atoms with van der Waals surface area (Å²) in [6.07, 6.45) is 31.5. The van der Waals surface area contributed by atoms with E-state index in [0.717, 1.165) is 31.6 Å². The Morgan fingerprint density at radius 3 is 1.10 bits per heavy atom. The lowest BCUT2D eigenvalue weighted by atomic mass is 10.0. The van der Waals surface area contributed by atoms with Crippen molar-refractivity contribution in [3.8, 4) is 0 Å². The number of unbranched alkanes of at least 4 members (excludes halogenated alkanes) is 22. The fraction of sp³-hybridized carbons (Fsp3) is 0.944. The minimum atomic E-state index is -0.954. The molecule has 0 bridgehead atoms. The molecule has 0 radical (unpaired) electrons. The molecule has 0 aromatic rings. The van der Waals surface area contributed by atoms with Crippen molar-refractivity contribution in [2.24, 2.45) is 5.92 Å². The summed E-state index contributed by atoms with van der Waals surface area (Å²) >= 11 is 0. The fourth-order valence-corrected chi connectivity index (χ4v) is 5.27. The van der Waals surface area contributed by atoms with Crippen LogP contribution in [0.15, 0.2) is 0 Å². The highest BCUT2D eigenvalue weighted by Gasteiger charge is 2.12. The Morgan fingerprint density at radius 1 is 0.488 bits per heavy atom. The predicted octanol–water partition coefficient (Wildman–Crippen LogP) is 10.6. The van der Waals surface area contributed by atoms with E-state index in [0.29, 0.717) is 12.8 Å². The maximum absolute atomic E-state index is 11.9. The van der Waals surface area contributed by atoms with Gasteiger partial charge in [-0.2, -0.15) is 0 Å². The standard InChI is InChI=1S/C36H70O5/c1-4-5-6-7-8-9-10-14-17-20-23-26-29-35(38)40-31-34(37)32-41-36(39)30-27-24-21-18-15-12-11-13-16-19-22-25-28-33(2)3/h33-34,37H,4-32H2,1-3H3/t34-/m1/s1. The van der Waals surface area contributed by atoms with Crippen LogP contribution >= 0.6 is 0 Å². The second kappa shape index (κ2) is 31.8. The molecule has 0 saturated carbocycles. The van der Waals surface area contributed by atoms with Crippen LogP contribution in [-0.2, 0) is 19.1 Å². The summed E-state index contributed by atoms with van der Waals surface area (Å²) in [5.74, 6) is 0.287. The van der Waals surface area contributed by atoms with Crippen LogP contribution in [0, 0.1) is 5.92 Å². The van der Waals surface area contributed by atoms with Crippen LogP contribution in [-0.4, -0.2) is 36.4 Å². The third-order valence-electron chi connectivity index (χ3n) is 8.02. The predicted molar refractivity (Wildman–Crippen MR) is 173 cm³/mol. The van der Waals surface area contributed by atoms with Gasteiger partial charge in [0.1, 0.15) is 19.3 Å². The number of carbonyl (C=O) groups excluding carboxylic acids is 2. The summed E-state index contributed by atoms with van der Waals surface area (Å²) in [7, 11) is 0. The molecule has 0 rings (SSSR count). The summed E-state index contributed by atoms with van der Waals surface area (Å²) in [6, 6.07) is 0. The number of aliphatic hydroxyl groups is 1. The molecule has 0 unspecified atom stereocenters. The lowest BCUT2D eigenvalue weighted by molar-refractivity contribution is -0.152. The van der Waals surface area contributed by atoms with Crippen molar-refractivity contribution in [2.75, 3.05) is 13.2 Å². The summed E-state index contributed by atoms with van der Waals surface area (Å²) in [5, 5.41) is 9.97. The molecular formula is C36H70O5. The van der Waals surface area contributed by atoms with Gasteiger partial charge in [0.2, 0.25) is 0 Å². The van der Waals surface area contributed by atoms with Crippen molar-refractivity contribution in [3.05, 3.63) is 0 Å². The maximum Gasteiger partial charge on any atom is 0.305 e. The molecule has 1 N–H and O–H groups in total. The van der Waals surface area contributed by atoms with Crippen molar-refractivity contribution < 1.29 is 24.2 Å². The molecule has 0 aromatic heterocycles. The molecule has 0 amide bonds. The Bertz CT molecular complexity index is 562. The van der Waals surface area contributed by atoms with Crippen LogP contribution in [0.3, 0.4) is 0 Å². The van der Waals surface area contributed by atoms with E-state index in [1.54, 1.807) is 0 Å². The second-order valence-corrected chi connectivity index (χ2v) is 12.8. The van der Waals surface area contributed by atoms with Gasteiger partial charge in [-0.25, -0.2) is 0 Å². The number of carbonyl (C=O) groups is 2. The lowest BCUT2D eigenvalue weighted by Gasteiger charge is -2.12. The highest BCUT2D eigenvalue weighted by molar-refractivity contribution is 5.69. The second-order valence-electron chi connectivity index (χ2n) is 12.8. The van der Waals surface area contributed by atoms with Gasteiger partial charge in [0.15, 0.2) is 0 Å². The molecule has 0 fully saturated rings. The zero-order chi connectivity index (χ0) is 30.2. The molecule has 41 heavy (non-hydrogen) atoms. The Morgan fingerprint density at radius 2 is 0.780 bits per heavy atom. The molecule has 0 aliphatic rings. The molecule has 5 nitrogen and oxygen atoms in total. The van der Waals surface area contributed by atoms with Crippen LogP contribution in [0.25, 0.3) is 0 Å². The van der Waals surface area contributed by atoms with Gasteiger partial charge in [0.25, 0.3) is 0 Å². The fourth-order valence-electron chi connectivity index (χ4n) is 5.27. The Balaban J connectivity index is 3.40. The van der Waals surface area contributed by atoms with Crippen molar-refractivity contribution in [2.45, 2.75) is 200 Å². The molecule has 0 spiro atoms. The van der Waals surface area contributed by atoms with E-state index in [1.165, 1.54) is 135 Å². The lowest BCUT2D eigenvalue weighted by Crippen LogP contribution is -2.25. The van der Waals surface area contributed by atoms with E-state index in [-0.39, 0.29) is 25.2 Å². The zero-order valence-corrected chi connectivity index (χ0v) is 27.7. The van der Waals surface area contributed by atoms with Crippen LogP contribution < -0.4 is 0 Å². The first-order chi connectivity index (χ1) is 20.0. The van der Waals surface area contributed by atoms with Crippen LogP contribution in [0.4, 0.5) is 0 Å². The Hall–Kier alpha value is -1.10. The third kappa shape index (κ3) is 33.3. The minimum absolute atomic E-state index is 0.109. The minimum Gasteiger partial charge on any atom is -0.463 e. The number of aliphatic hydroxyl groups excluding tert-OH is 1. The van der Waals surface area contributed by atoms with Gasteiger partial charge in [-0.3, -0.25) is 9.59 Å². The summed E-state index contributed by atoms with van der Waals surface area (Å²) in [4.78, 5) is 23.8. The van der Waals surface area contributed by atoms with E-state index < -0.39 is 6.10 Å². The number of ether oxygens (including phenoxy) is 2. The van der Waals surface area contributed by atoms with Crippen molar-refractivity contribution in [1.29, 1.82) is 0 Å². The molecule has 0 aliphatic heterocycles. The van der Waals surface area contributed by atoms with Gasteiger partial charge >= 0.3 is 11.9 Å². The Kier molecular flexibility index (Phi) is 31.0. The molecule has 0 aliphatic carbocycles. The Labute approximate surface area is 255 Å². The monoisotopic (exact) mass is 583 g/mol. The van der Waals surface area contributed by atoms with Crippen molar-refractivity contribution >= 4 is 11.9 Å². The van der Waals surface area contributed by atoms with Gasteiger partial charge in [0.05, 0.1) is 0 Å². The first kappa shape index (κ1) is 39.9. The summed E-state index contributed by atoms with van der Waals surface area (Å²) in [6.45, 7) is 6.65. The average molecular weight is 583 g/mol. The first-order valence-electron chi connectivity index (χ1n) is 17.9. The number of rotatable bonds is 32. The third-order valence-corrected chi connectivity index (χ3v) is 8.02. The number of hydrogen-bond acceptors (Lipinski definition) is 5. The number of esters is 2. The van der Waals surface area contributed by atoms with E-state index in [4.69, 9.17) is 9.47 Å². The van der Waals surface area contributed by atoms with Gasteiger partial charge in [-0.1, -0.05) is 168 Å². The largest absolute Gasteiger partial charge is 0.463 e. The maximum atomic E-state index is 11.9. The molecule has 0 heterocycles. The average Bonchev–Trinajstić information content (AvgIpc) is 2.95. The van der Waals surface area contributed by atoms with E-state index in [9.17, 15) is 14.7 Å². The highest BCUT2D eigenvalue weighted by Crippen LogP contribution is 2.15. The molecular weight excluding hydrogens is 512 g/mol. The quantitative estimate of drug-likeness (QED) is 0.0631. The van der Waals surface area contributed by atoms with Crippen molar-refractivity contribution in [3.63, 3.8) is 0 Å². The van der Waals surface area contributed by atoms with Gasteiger partial charge in [-0.15, -0.1) is 0 Å². The first-order valence-corrected chi connectivity index (χ1v) is 17.9. The summed E-state index contributed by atoms with van der Waals surface area (Å²) in [5.41, 5.74) is 0.